The highest BCUT2D eigenvalue weighted by Gasteiger charge is 1.95. The van der Waals surface area contributed by atoms with Gasteiger partial charge in [0.1, 0.15) is 5.75 Å². The molecule has 0 amide bonds. The van der Waals surface area contributed by atoms with E-state index in [0.29, 0.717) is 0 Å². The Kier molecular flexibility index (Phi) is 4.67. The summed E-state index contributed by atoms with van der Waals surface area (Å²) in [5, 5.41) is 17.1. The molecule has 0 fully saturated rings. The minimum atomic E-state index is -1.40. The Labute approximate surface area is 89.5 Å². The second kappa shape index (κ2) is 6.06. The molecule has 4 heteroatoms. The lowest BCUT2D eigenvalue weighted by molar-refractivity contribution is 0.415. The van der Waals surface area contributed by atoms with Crippen LogP contribution in [0.1, 0.15) is 5.56 Å². The zero-order valence-corrected chi connectivity index (χ0v) is 8.50. The Morgan fingerprint density at radius 2 is 1.80 bits per heavy atom. The lowest BCUT2D eigenvalue weighted by Crippen LogP contribution is -2.04. The molecule has 1 aromatic carbocycles. The molecule has 0 aliphatic heterocycles. The van der Waals surface area contributed by atoms with E-state index in [4.69, 9.17) is 14.8 Å². The molecular weight excluding hydrogens is 191 g/mol. The molecule has 0 bridgehead atoms. The normalized spacial score (nSPS) is 11.1. The molecular formula is C11H13BO3. The Morgan fingerprint density at radius 3 is 2.33 bits per heavy atom. The van der Waals surface area contributed by atoms with Gasteiger partial charge in [0.2, 0.25) is 0 Å². The highest BCUT2D eigenvalue weighted by atomic mass is 16.5. The standard InChI is InChI=1S/C11H13BO3/c1-15-11-7-5-10(6-8-11)4-2-3-9-12(13)14/h2-9,13-14H,1H3/b4-2+,9-3+. The number of ether oxygens (including phenoxy) is 1. The number of rotatable bonds is 4. The fourth-order valence-corrected chi connectivity index (χ4v) is 1.05. The van der Waals surface area contributed by atoms with E-state index in [1.807, 2.05) is 30.3 Å². The van der Waals surface area contributed by atoms with E-state index >= 15 is 0 Å². The summed E-state index contributed by atoms with van der Waals surface area (Å²) in [6.07, 6.45) is 5.18. The molecule has 0 unspecified atom stereocenters. The molecule has 0 saturated heterocycles. The van der Waals surface area contributed by atoms with Crippen LogP contribution in [0.5, 0.6) is 5.75 Å². The van der Waals surface area contributed by atoms with Gasteiger partial charge < -0.3 is 14.8 Å². The van der Waals surface area contributed by atoms with Crippen molar-refractivity contribution in [2.45, 2.75) is 0 Å². The van der Waals surface area contributed by atoms with Gasteiger partial charge in [-0.05, 0) is 17.7 Å². The Balaban J connectivity index is 2.57. The lowest BCUT2D eigenvalue weighted by atomic mass is 9.92. The molecule has 0 spiro atoms. The van der Waals surface area contributed by atoms with Crippen molar-refractivity contribution in [1.82, 2.24) is 0 Å². The largest absolute Gasteiger partial charge is 0.497 e. The maximum atomic E-state index is 8.54. The van der Waals surface area contributed by atoms with Gasteiger partial charge in [-0.1, -0.05) is 36.3 Å². The van der Waals surface area contributed by atoms with Crippen LogP contribution in [-0.4, -0.2) is 24.3 Å². The first-order chi connectivity index (χ1) is 7.22. The zero-order valence-electron chi connectivity index (χ0n) is 8.50. The maximum absolute atomic E-state index is 8.54. The average molecular weight is 204 g/mol. The van der Waals surface area contributed by atoms with Crippen LogP contribution in [0.4, 0.5) is 0 Å². The summed E-state index contributed by atoms with van der Waals surface area (Å²) in [5.41, 5.74) is 1.02. The van der Waals surface area contributed by atoms with Crippen molar-refractivity contribution in [2.75, 3.05) is 7.11 Å². The van der Waals surface area contributed by atoms with Crippen LogP contribution in [0.3, 0.4) is 0 Å². The number of hydrogen-bond acceptors (Lipinski definition) is 3. The molecule has 1 rings (SSSR count). The second-order valence-electron chi connectivity index (χ2n) is 2.93. The van der Waals surface area contributed by atoms with Crippen molar-refractivity contribution in [3.8, 4) is 5.75 Å². The van der Waals surface area contributed by atoms with Crippen molar-refractivity contribution < 1.29 is 14.8 Å². The quantitative estimate of drug-likeness (QED) is 0.573. The van der Waals surface area contributed by atoms with Gasteiger partial charge in [0.25, 0.3) is 0 Å². The highest BCUT2D eigenvalue weighted by Crippen LogP contribution is 2.12. The predicted octanol–water partition coefficient (Wildman–Crippen LogP) is 1.28. The van der Waals surface area contributed by atoms with Crippen LogP contribution >= 0.6 is 0 Å². The summed E-state index contributed by atoms with van der Waals surface area (Å²) in [6, 6.07) is 7.56. The molecule has 15 heavy (non-hydrogen) atoms. The number of methoxy groups -OCH3 is 1. The molecule has 0 heterocycles. The summed E-state index contributed by atoms with van der Waals surface area (Å²) >= 11 is 0. The minimum absolute atomic E-state index is 0.813. The van der Waals surface area contributed by atoms with Crippen molar-refractivity contribution in [2.24, 2.45) is 0 Å². The van der Waals surface area contributed by atoms with Crippen LogP contribution in [-0.2, 0) is 0 Å². The molecule has 0 aliphatic rings. The van der Waals surface area contributed by atoms with Crippen molar-refractivity contribution in [1.29, 1.82) is 0 Å². The monoisotopic (exact) mass is 204 g/mol. The molecule has 0 radical (unpaired) electrons. The molecule has 0 aliphatic carbocycles. The van der Waals surface area contributed by atoms with Gasteiger partial charge in [-0.25, -0.2) is 0 Å². The number of allylic oxidation sites excluding steroid dienone is 2. The van der Waals surface area contributed by atoms with Gasteiger partial charge in [-0.2, -0.15) is 0 Å². The third kappa shape index (κ3) is 4.49. The molecule has 0 atom stereocenters. The second-order valence-corrected chi connectivity index (χ2v) is 2.93. The lowest BCUT2D eigenvalue weighted by Gasteiger charge is -1.98. The van der Waals surface area contributed by atoms with Gasteiger partial charge in [-0.15, -0.1) is 0 Å². The molecule has 3 nitrogen and oxygen atoms in total. The maximum Gasteiger partial charge on any atom is 0.480 e. The van der Waals surface area contributed by atoms with Crippen LogP contribution in [0, 0.1) is 0 Å². The first kappa shape index (κ1) is 11.6. The first-order valence-corrected chi connectivity index (χ1v) is 4.57. The summed E-state index contributed by atoms with van der Waals surface area (Å²) in [6.45, 7) is 0. The SMILES string of the molecule is COc1ccc(/C=C/C=C/B(O)O)cc1. The van der Waals surface area contributed by atoms with E-state index in [1.165, 1.54) is 5.98 Å². The van der Waals surface area contributed by atoms with Crippen molar-refractivity contribution in [3.05, 3.63) is 48.0 Å². The van der Waals surface area contributed by atoms with Crippen molar-refractivity contribution in [3.63, 3.8) is 0 Å². The smallest absolute Gasteiger partial charge is 0.480 e. The molecule has 2 N–H and O–H groups in total. The fraction of sp³-hybridized carbons (Fsp3) is 0.0909. The van der Waals surface area contributed by atoms with E-state index in [0.717, 1.165) is 11.3 Å². The Bertz CT molecular complexity index is 341. The van der Waals surface area contributed by atoms with Gasteiger partial charge in [0.15, 0.2) is 0 Å². The van der Waals surface area contributed by atoms with E-state index in [9.17, 15) is 0 Å². The topological polar surface area (TPSA) is 49.7 Å². The summed E-state index contributed by atoms with van der Waals surface area (Å²) < 4.78 is 5.02. The van der Waals surface area contributed by atoms with Gasteiger partial charge in [-0.3, -0.25) is 0 Å². The molecule has 0 saturated carbocycles. The van der Waals surface area contributed by atoms with Crippen molar-refractivity contribution >= 4 is 13.2 Å². The average Bonchev–Trinajstić information content (AvgIpc) is 2.25. The van der Waals surface area contributed by atoms with Crippen LogP contribution in [0.25, 0.3) is 6.08 Å². The van der Waals surface area contributed by atoms with Crippen LogP contribution in [0.2, 0.25) is 0 Å². The minimum Gasteiger partial charge on any atom is -0.497 e. The highest BCUT2D eigenvalue weighted by molar-refractivity contribution is 6.47. The van der Waals surface area contributed by atoms with E-state index in [1.54, 1.807) is 19.3 Å². The third-order valence-electron chi connectivity index (χ3n) is 1.80. The Hall–Kier alpha value is -1.52. The number of benzene rings is 1. The predicted molar refractivity (Wildman–Crippen MR) is 61.4 cm³/mol. The van der Waals surface area contributed by atoms with E-state index in [-0.39, 0.29) is 0 Å². The summed E-state index contributed by atoms with van der Waals surface area (Å²) in [4.78, 5) is 0. The van der Waals surface area contributed by atoms with Gasteiger partial charge in [0.05, 0.1) is 7.11 Å². The zero-order chi connectivity index (χ0) is 11.1. The van der Waals surface area contributed by atoms with Gasteiger partial charge in [0, 0.05) is 0 Å². The first-order valence-electron chi connectivity index (χ1n) is 4.57. The summed E-state index contributed by atoms with van der Waals surface area (Å²) in [5.74, 6) is 2.09. The molecule has 1 aromatic rings. The summed E-state index contributed by atoms with van der Waals surface area (Å²) in [7, 11) is 0.224. The van der Waals surface area contributed by atoms with Gasteiger partial charge >= 0.3 is 7.12 Å². The fourth-order valence-electron chi connectivity index (χ4n) is 1.05. The molecule has 0 aromatic heterocycles. The van der Waals surface area contributed by atoms with E-state index in [2.05, 4.69) is 0 Å². The number of hydrogen-bond donors (Lipinski definition) is 2. The van der Waals surface area contributed by atoms with E-state index < -0.39 is 7.12 Å². The van der Waals surface area contributed by atoms with Crippen LogP contribution < -0.4 is 4.74 Å². The third-order valence-corrected chi connectivity index (χ3v) is 1.80. The molecule has 78 valence electrons. The van der Waals surface area contributed by atoms with Crippen LogP contribution in [0.15, 0.2) is 42.4 Å². The Morgan fingerprint density at radius 1 is 1.13 bits per heavy atom.